The maximum atomic E-state index is 11.9. The van der Waals surface area contributed by atoms with Crippen LogP contribution in [0.25, 0.3) is 11.3 Å². The molecule has 3 heterocycles. The van der Waals surface area contributed by atoms with E-state index in [2.05, 4.69) is 20.3 Å². The Morgan fingerprint density at radius 1 is 1.33 bits per heavy atom. The van der Waals surface area contributed by atoms with Crippen LogP contribution in [0.5, 0.6) is 0 Å². The average molecular weight is 283 g/mol. The zero-order valence-corrected chi connectivity index (χ0v) is 11.5. The zero-order valence-electron chi connectivity index (χ0n) is 11.5. The Hall–Kier alpha value is -2.47. The highest BCUT2D eigenvalue weighted by atomic mass is 16.1. The molecule has 2 aromatic heterocycles. The summed E-state index contributed by atoms with van der Waals surface area (Å²) < 4.78 is 0. The zero-order chi connectivity index (χ0) is 14.7. The largest absolute Gasteiger partial charge is 0.347 e. The highest BCUT2D eigenvalue weighted by Crippen LogP contribution is 2.27. The summed E-state index contributed by atoms with van der Waals surface area (Å²) in [5.74, 6) is 0.705. The number of hydrogen-bond acceptors (Lipinski definition) is 4. The van der Waals surface area contributed by atoms with Gasteiger partial charge in [0.15, 0.2) is 0 Å². The van der Waals surface area contributed by atoms with Crippen molar-refractivity contribution in [2.45, 2.75) is 25.3 Å². The minimum Gasteiger partial charge on any atom is -0.347 e. The van der Waals surface area contributed by atoms with Crippen LogP contribution >= 0.6 is 0 Å². The fourth-order valence-corrected chi connectivity index (χ4v) is 2.28. The van der Waals surface area contributed by atoms with Crippen LogP contribution < -0.4 is 11.1 Å². The quantitative estimate of drug-likeness (QED) is 0.645. The summed E-state index contributed by atoms with van der Waals surface area (Å²) in [5.41, 5.74) is 8.36. The van der Waals surface area contributed by atoms with E-state index >= 15 is 0 Å². The van der Waals surface area contributed by atoms with Crippen LogP contribution in [-0.2, 0) is 4.79 Å². The van der Waals surface area contributed by atoms with E-state index in [1.807, 2.05) is 18.2 Å². The number of pyridine rings is 1. The fourth-order valence-electron chi connectivity index (χ4n) is 2.28. The van der Waals surface area contributed by atoms with Gasteiger partial charge >= 0.3 is 0 Å². The summed E-state index contributed by atoms with van der Waals surface area (Å²) in [4.78, 5) is 23.7. The molecule has 0 fully saturated rings. The number of hydrogen-bond donors (Lipinski definition) is 3. The summed E-state index contributed by atoms with van der Waals surface area (Å²) in [6.07, 6.45) is 10.9. The molecule has 1 unspecified atom stereocenters. The predicted octanol–water partition coefficient (Wildman–Crippen LogP) is 2.15. The summed E-state index contributed by atoms with van der Waals surface area (Å²) in [6.45, 7) is 0. The van der Waals surface area contributed by atoms with Crippen molar-refractivity contribution in [1.82, 2.24) is 15.0 Å². The van der Waals surface area contributed by atoms with Gasteiger partial charge in [0.25, 0.3) is 0 Å². The Labute approximate surface area is 122 Å². The number of aromatic nitrogens is 3. The van der Waals surface area contributed by atoms with E-state index in [-0.39, 0.29) is 11.9 Å². The van der Waals surface area contributed by atoms with Crippen molar-refractivity contribution in [2.24, 2.45) is 5.73 Å². The van der Waals surface area contributed by atoms with Crippen molar-refractivity contribution in [1.29, 1.82) is 0 Å². The number of fused-ring (bicyclic) bond motifs is 4. The Kier molecular flexibility index (Phi) is 3.79. The number of anilines is 1. The molecular formula is C15H17N5O. The van der Waals surface area contributed by atoms with Crippen LogP contribution in [0.4, 0.5) is 5.69 Å². The van der Waals surface area contributed by atoms with Crippen molar-refractivity contribution in [2.75, 3.05) is 5.32 Å². The lowest BCUT2D eigenvalue weighted by atomic mass is 10.1. The molecule has 21 heavy (non-hydrogen) atoms. The Balaban J connectivity index is 2.03. The highest BCUT2D eigenvalue weighted by molar-refractivity contribution is 5.94. The molecule has 0 aliphatic carbocycles. The standard InChI is InChI=1S/C15H17N5O/c16-11-4-2-1-3-5-14(21)19-12-8-17-7-6-10(12)13-9-18-15(11)20-13/h1-2,6-9,11H,3-5,16H2,(H,18,20)(H,19,21)/b2-1+. The number of nitrogens with zero attached hydrogens (tertiary/aromatic N) is 2. The second kappa shape index (κ2) is 5.88. The van der Waals surface area contributed by atoms with E-state index in [0.717, 1.165) is 17.1 Å². The lowest BCUT2D eigenvalue weighted by Crippen LogP contribution is -2.11. The SMILES string of the molecule is NC1C/C=C/CCC(=O)Nc2cnccc2-c2c[nH]c1n2. The second-order valence-electron chi connectivity index (χ2n) is 4.99. The van der Waals surface area contributed by atoms with Gasteiger partial charge in [0.2, 0.25) is 5.91 Å². The first-order chi connectivity index (χ1) is 10.2. The van der Waals surface area contributed by atoms with Gasteiger partial charge in [-0.2, -0.15) is 0 Å². The van der Waals surface area contributed by atoms with Crippen molar-refractivity contribution < 1.29 is 4.79 Å². The lowest BCUT2D eigenvalue weighted by Gasteiger charge is -2.08. The normalized spacial score (nSPS) is 20.4. The molecule has 6 nitrogen and oxygen atoms in total. The van der Waals surface area contributed by atoms with Gasteiger partial charge in [-0.05, 0) is 18.9 Å². The van der Waals surface area contributed by atoms with Crippen LogP contribution in [0.15, 0.2) is 36.8 Å². The number of rotatable bonds is 0. The van der Waals surface area contributed by atoms with Gasteiger partial charge in [0.05, 0.1) is 23.6 Å². The first-order valence-electron chi connectivity index (χ1n) is 6.94. The predicted molar refractivity (Wildman–Crippen MR) is 80.4 cm³/mol. The molecule has 0 saturated heterocycles. The number of amides is 1. The van der Waals surface area contributed by atoms with Crippen molar-refractivity contribution in [3.8, 4) is 11.3 Å². The van der Waals surface area contributed by atoms with E-state index in [1.54, 1.807) is 18.6 Å². The molecule has 0 radical (unpaired) electrons. The third kappa shape index (κ3) is 3.00. The highest BCUT2D eigenvalue weighted by Gasteiger charge is 2.14. The number of nitrogens with two attached hydrogens (primary N) is 1. The number of H-pyrrole nitrogens is 1. The number of nitrogens with one attached hydrogen (secondary N) is 2. The Bertz CT molecular complexity index is 676. The van der Waals surface area contributed by atoms with Gasteiger partial charge < -0.3 is 16.0 Å². The first kappa shape index (κ1) is 13.5. The maximum Gasteiger partial charge on any atom is 0.224 e. The third-order valence-electron chi connectivity index (χ3n) is 3.41. The molecule has 2 aromatic rings. The molecule has 4 N–H and O–H groups in total. The van der Waals surface area contributed by atoms with Crippen molar-refractivity contribution in [3.05, 3.63) is 42.6 Å². The second-order valence-corrected chi connectivity index (χ2v) is 4.99. The average Bonchev–Trinajstić information content (AvgIpc) is 2.96. The van der Waals surface area contributed by atoms with Crippen molar-refractivity contribution >= 4 is 11.6 Å². The van der Waals surface area contributed by atoms with E-state index < -0.39 is 0 Å². The van der Waals surface area contributed by atoms with E-state index in [1.165, 1.54) is 0 Å². The summed E-state index contributed by atoms with van der Waals surface area (Å²) in [6, 6.07) is 1.66. The minimum atomic E-state index is -0.176. The van der Waals surface area contributed by atoms with Gasteiger partial charge in [-0.3, -0.25) is 9.78 Å². The van der Waals surface area contributed by atoms with Gasteiger partial charge in [0.1, 0.15) is 5.82 Å². The van der Waals surface area contributed by atoms with E-state index in [0.29, 0.717) is 24.9 Å². The lowest BCUT2D eigenvalue weighted by molar-refractivity contribution is -0.116. The van der Waals surface area contributed by atoms with Crippen molar-refractivity contribution in [3.63, 3.8) is 0 Å². The fraction of sp³-hybridized carbons (Fsp3) is 0.267. The van der Waals surface area contributed by atoms with Crippen LogP contribution in [0.1, 0.15) is 31.1 Å². The molecule has 1 aliphatic rings. The summed E-state index contributed by atoms with van der Waals surface area (Å²) in [7, 11) is 0. The van der Waals surface area contributed by atoms with Crippen LogP contribution in [0.3, 0.4) is 0 Å². The number of imidazole rings is 1. The molecule has 6 heteroatoms. The van der Waals surface area contributed by atoms with Gasteiger partial charge in [-0.25, -0.2) is 4.98 Å². The molecule has 3 rings (SSSR count). The monoisotopic (exact) mass is 283 g/mol. The molecule has 108 valence electrons. The van der Waals surface area contributed by atoms with Gasteiger partial charge in [-0.1, -0.05) is 12.2 Å². The maximum absolute atomic E-state index is 11.9. The molecule has 2 bridgehead atoms. The first-order valence-corrected chi connectivity index (χ1v) is 6.94. The molecule has 1 atom stereocenters. The molecule has 0 saturated carbocycles. The number of allylic oxidation sites excluding steroid dienone is 1. The smallest absolute Gasteiger partial charge is 0.224 e. The molecular weight excluding hydrogens is 266 g/mol. The molecule has 1 amide bonds. The van der Waals surface area contributed by atoms with Crippen LogP contribution in [0, 0.1) is 0 Å². The molecule has 0 aromatic carbocycles. The third-order valence-corrected chi connectivity index (χ3v) is 3.41. The summed E-state index contributed by atoms with van der Waals surface area (Å²) >= 11 is 0. The Morgan fingerprint density at radius 2 is 2.24 bits per heavy atom. The van der Waals surface area contributed by atoms with Crippen LogP contribution in [-0.4, -0.2) is 20.9 Å². The molecule has 0 spiro atoms. The van der Waals surface area contributed by atoms with E-state index in [4.69, 9.17) is 5.73 Å². The van der Waals surface area contributed by atoms with Gasteiger partial charge in [0, 0.05) is 24.4 Å². The number of carbonyl (C=O) groups excluding carboxylic acids is 1. The number of carbonyl (C=O) groups is 1. The minimum absolute atomic E-state index is 0.0341. The Morgan fingerprint density at radius 3 is 3.14 bits per heavy atom. The van der Waals surface area contributed by atoms with E-state index in [9.17, 15) is 4.79 Å². The topological polar surface area (TPSA) is 96.7 Å². The number of aromatic amines is 1. The summed E-state index contributed by atoms with van der Waals surface area (Å²) in [5, 5.41) is 2.89. The van der Waals surface area contributed by atoms with Crippen LogP contribution in [0.2, 0.25) is 0 Å². The van der Waals surface area contributed by atoms with Gasteiger partial charge in [-0.15, -0.1) is 0 Å². The molecule has 1 aliphatic heterocycles.